The number of amides is 1. The molecular weight excluding hydrogens is 248 g/mol. The minimum Gasteiger partial charge on any atom is -0.464 e. The third kappa shape index (κ3) is 4.80. The van der Waals surface area contributed by atoms with Crippen molar-refractivity contribution in [3.05, 3.63) is 0 Å². The van der Waals surface area contributed by atoms with Crippen LogP contribution in [-0.2, 0) is 14.3 Å². The molecule has 19 heavy (non-hydrogen) atoms. The summed E-state index contributed by atoms with van der Waals surface area (Å²) in [6.45, 7) is 2.47. The first kappa shape index (κ1) is 15.9. The molecule has 0 aliphatic heterocycles. The molecule has 1 aliphatic rings. The van der Waals surface area contributed by atoms with E-state index in [2.05, 4.69) is 5.32 Å². The quantitative estimate of drug-likeness (QED) is 0.459. The molecule has 0 aromatic heterocycles. The summed E-state index contributed by atoms with van der Waals surface area (Å²) in [5, 5.41) is 12.0. The first-order valence-corrected chi connectivity index (χ1v) is 6.90. The van der Waals surface area contributed by atoms with Crippen molar-refractivity contribution in [1.82, 2.24) is 5.32 Å². The molecule has 1 saturated carbocycles. The van der Waals surface area contributed by atoms with Gasteiger partial charge in [-0.05, 0) is 31.6 Å². The van der Waals surface area contributed by atoms with Gasteiger partial charge in [-0.15, -0.1) is 0 Å². The first-order valence-electron chi connectivity index (χ1n) is 6.90. The van der Waals surface area contributed by atoms with E-state index in [0.717, 1.165) is 25.7 Å². The van der Waals surface area contributed by atoms with Crippen LogP contribution in [0.25, 0.3) is 0 Å². The van der Waals surface area contributed by atoms with E-state index < -0.39 is 17.9 Å². The van der Waals surface area contributed by atoms with Gasteiger partial charge < -0.3 is 20.9 Å². The van der Waals surface area contributed by atoms with Crippen LogP contribution in [0.4, 0.5) is 0 Å². The van der Waals surface area contributed by atoms with Crippen molar-refractivity contribution < 1.29 is 19.4 Å². The topological polar surface area (TPSA) is 102 Å². The Kier molecular flexibility index (Phi) is 6.80. The van der Waals surface area contributed by atoms with Gasteiger partial charge in [0.05, 0.1) is 6.61 Å². The monoisotopic (exact) mass is 272 g/mol. The summed E-state index contributed by atoms with van der Waals surface area (Å²) in [5.41, 5.74) is 5.49. The minimum atomic E-state index is -1.27. The molecule has 3 unspecified atom stereocenters. The lowest BCUT2D eigenvalue weighted by molar-refractivity contribution is -0.148. The number of carbonyl (C=O) groups is 2. The second-order valence-corrected chi connectivity index (χ2v) is 4.96. The Morgan fingerprint density at radius 2 is 2.00 bits per heavy atom. The predicted molar refractivity (Wildman–Crippen MR) is 70.2 cm³/mol. The largest absolute Gasteiger partial charge is 0.464 e. The molecule has 0 spiro atoms. The summed E-state index contributed by atoms with van der Waals surface area (Å²) in [5.74, 6) is -0.729. The van der Waals surface area contributed by atoms with Gasteiger partial charge >= 0.3 is 5.97 Å². The number of aliphatic hydroxyl groups excluding tert-OH is 1. The number of rotatable bonds is 6. The van der Waals surface area contributed by atoms with Gasteiger partial charge in [-0.2, -0.15) is 0 Å². The van der Waals surface area contributed by atoms with Gasteiger partial charge in [-0.25, -0.2) is 4.79 Å². The summed E-state index contributed by atoms with van der Waals surface area (Å²) in [7, 11) is 0. The Hall–Kier alpha value is -1.14. The van der Waals surface area contributed by atoms with Crippen molar-refractivity contribution in [2.24, 2.45) is 17.6 Å². The van der Waals surface area contributed by atoms with Crippen LogP contribution in [0.5, 0.6) is 0 Å². The molecule has 110 valence electrons. The molecule has 0 radical (unpaired) electrons. The summed E-state index contributed by atoms with van der Waals surface area (Å²) in [6, 6.07) is -1.27. The highest BCUT2D eigenvalue weighted by Gasteiger charge is 2.27. The zero-order valence-corrected chi connectivity index (χ0v) is 11.4. The van der Waals surface area contributed by atoms with Gasteiger partial charge in [0.15, 0.2) is 6.04 Å². The van der Waals surface area contributed by atoms with Crippen molar-refractivity contribution >= 4 is 11.9 Å². The fraction of sp³-hybridized carbons (Fsp3) is 0.846. The molecular formula is C13H24N2O4. The second kappa shape index (κ2) is 8.12. The van der Waals surface area contributed by atoms with E-state index in [-0.39, 0.29) is 25.0 Å². The molecule has 0 bridgehead atoms. The number of nitrogens with one attached hydrogen (secondary N) is 1. The maximum Gasteiger partial charge on any atom is 0.332 e. The lowest BCUT2D eigenvalue weighted by Crippen LogP contribution is -2.48. The molecule has 0 saturated heterocycles. The molecule has 1 rings (SSSR count). The van der Waals surface area contributed by atoms with E-state index >= 15 is 0 Å². The smallest absolute Gasteiger partial charge is 0.332 e. The molecule has 6 heteroatoms. The number of aliphatic hydroxyl groups is 1. The lowest BCUT2D eigenvalue weighted by atomic mass is 9.79. The highest BCUT2D eigenvalue weighted by Crippen LogP contribution is 2.28. The van der Waals surface area contributed by atoms with Crippen molar-refractivity contribution in [1.29, 1.82) is 0 Å². The standard InChI is InChI=1S/C13H24N2O4/c1-2-19-13(18)11(14)12(17)15-7-9-5-3-4-6-10(9)8-16/h9-11,16H,2-8,14H2,1H3,(H,15,17). The normalized spacial score (nSPS) is 24.6. The second-order valence-electron chi connectivity index (χ2n) is 4.96. The van der Waals surface area contributed by atoms with Gasteiger partial charge in [-0.1, -0.05) is 12.8 Å². The molecule has 4 N–H and O–H groups in total. The van der Waals surface area contributed by atoms with Crippen molar-refractivity contribution in [3.63, 3.8) is 0 Å². The van der Waals surface area contributed by atoms with E-state index in [4.69, 9.17) is 10.5 Å². The lowest BCUT2D eigenvalue weighted by Gasteiger charge is -2.30. The Morgan fingerprint density at radius 1 is 1.37 bits per heavy atom. The summed E-state index contributed by atoms with van der Waals surface area (Å²) in [6.07, 6.45) is 4.21. The third-order valence-electron chi connectivity index (χ3n) is 3.66. The van der Waals surface area contributed by atoms with Gasteiger partial charge in [0, 0.05) is 13.2 Å². The fourth-order valence-electron chi connectivity index (χ4n) is 2.47. The number of hydrogen-bond donors (Lipinski definition) is 3. The Labute approximate surface area is 113 Å². The molecule has 1 fully saturated rings. The van der Waals surface area contributed by atoms with Crippen LogP contribution >= 0.6 is 0 Å². The predicted octanol–water partition coefficient (Wildman–Crippen LogP) is -0.208. The Bertz CT molecular complexity index is 309. The van der Waals surface area contributed by atoms with Gasteiger partial charge in [0.2, 0.25) is 5.91 Å². The number of hydrogen-bond acceptors (Lipinski definition) is 5. The zero-order chi connectivity index (χ0) is 14.3. The van der Waals surface area contributed by atoms with E-state index in [9.17, 15) is 14.7 Å². The van der Waals surface area contributed by atoms with E-state index in [1.165, 1.54) is 0 Å². The highest BCUT2D eigenvalue weighted by atomic mass is 16.5. The van der Waals surface area contributed by atoms with Crippen LogP contribution in [-0.4, -0.2) is 42.8 Å². The fourth-order valence-corrected chi connectivity index (χ4v) is 2.47. The molecule has 1 amide bonds. The zero-order valence-electron chi connectivity index (χ0n) is 11.4. The van der Waals surface area contributed by atoms with Crippen LogP contribution in [0.15, 0.2) is 0 Å². The van der Waals surface area contributed by atoms with Crippen molar-refractivity contribution in [3.8, 4) is 0 Å². The van der Waals surface area contributed by atoms with Crippen molar-refractivity contribution in [2.75, 3.05) is 19.8 Å². The Balaban J connectivity index is 2.38. The molecule has 0 aromatic carbocycles. The minimum absolute atomic E-state index is 0.143. The number of ether oxygens (including phenoxy) is 1. The van der Waals surface area contributed by atoms with Crippen LogP contribution in [0, 0.1) is 11.8 Å². The van der Waals surface area contributed by atoms with Crippen LogP contribution < -0.4 is 11.1 Å². The van der Waals surface area contributed by atoms with Crippen LogP contribution in [0.2, 0.25) is 0 Å². The van der Waals surface area contributed by atoms with Gasteiger partial charge in [-0.3, -0.25) is 4.79 Å². The van der Waals surface area contributed by atoms with Crippen LogP contribution in [0.3, 0.4) is 0 Å². The molecule has 0 heterocycles. The Morgan fingerprint density at radius 3 is 2.58 bits per heavy atom. The summed E-state index contributed by atoms with van der Waals surface area (Å²) < 4.78 is 4.69. The SMILES string of the molecule is CCOC(=O)C(N)C(=O)NCC1CCCCC1CO. The van der Waals surface area contributed by atoms with Gasteiger partial charge in [0.1, 0.15) is 0 Å². The summed E-state index contributed by atoms with van der Waals surface area (Å²) in [4.78, 5) is 23.0. The average Bonchev–Trinajstić information content (AvgIpc) is 2.44. The van der Waals surface area contributed by atoms with E-state index in [1.807, 2.05) is 0 Å². The first-order chi connectivity index (χ1) is 9.10. The molecule has 6 nitrogen and oxygen atoms in total. The van der Waals surface area contributed by atoms with Crippen LogP contribution in [0.1, 0.15) is 32.6 Å². The summed E-state index contributed by atoms with van der Waals surface area (Å²) >= 11 is 0. The molecule has 1 aliphatic carbocycles. The number of nitrogens with two attached hydrogens (primary N) is 1. The van der Waals surface area contributed by atoms with Gasteiger partial charge in [0.25, 0.3) is 0 Å². The van der Waals surface area contributed by atoms with E-state index in [1.54, 1.807) is 6.92 Å². The number of carbonyl (C=O) groups excluding carboxylic acids is 2. The maximum absolute atomic E-state index is 11.7. The maximum atomic E-state index is 11.7. The van der Waals surface area contributed by atoms with Crippen molar-refractivity contribution in [2.45, 2.75) is 38.6 Å². The molecule has 0 aromatic rings. The molecule has 3 atom stereocenters. The average molecular weight is 272 g/mol. The third-order valence-corrected chi connectivity index (χ3v) is 3.66. The van der Waals surface area contributed by atoms with E-state index in [0.29, 0.717) is 6.54 Å². The highest BCUT2D eigenvalue weighted by molar-refractivity contribution is 6.01. The number of esters is 1.